The van der Waals surface area contributed by atoms with Crippen LogP contribution in [0.15, 0.2) is 59.8 Å². The molecule has 17 heavy (non-hydrogen) atoms. The van der Waals surface area contributed by atoms with Crippen molar-refractivity contribution in [3.63, 3.8) is 0 Å². The SMILES string of the molecule is O/N=C1/CC(c2ccccc2)c2ccccc21. The lowest BCUT2D eigenvalue weighted by Gasteiger charge is -2.10. The molecule has 0 heterocycles. The maximum Gasteiger partial charge on any atom is 0.0880 e. The van der Waals surface area contributed by atoms with Gasteiger partial charge in [0.25, 0.3) is 0 Å². The summed E-state index contributed by atoms with van der Waals surface area (Å²) in [5.74, 6) is 0.318. The quantitative estimate of drug-likeness (QED) is 0.583. The third-order valence-corrected chi connectivity index (χ3v) is 3.37. The number of fused-ring (bicyclic) bond motifs is 1. The van der Waals surface area contributed by atoms with Crippen molar-refractivity contribution in [2.45, 2.75) is 12.3 Å². The fourth-order valence-electron chi connectivity index (χ4n) is 2.55. The van der Waals surface area contributed by atoms with Crippen LogP contribution in [0.1, 0.15) is 29.0 Å². The molecule has 2 heteroatoms. The number of benzene rings is 2. The predicted octanol–water partition coefficient (Wildman–Crippen LogP) is 3.40. The lowest BCUT2D eigenvalue weighted by Crippen LogP contribution is -1.96. The van der Waals surface area contributed by atoms with E-state index in [1.54, 1.807) is 0 Å². The minimum Gasteiger partial charge on any atom is -0.411 e. The molecule has 1 aliphatic carbocycles. The summed E-state index contributed by atoms with van der Waals surface area (Å²) < 4.78 is 0. The molecular weight excluding hydrogens is 210 g/mol. The van der Waals surface area contributed by atoms with Crippen LogP contribution in [0.5, 0.6) is 0 Å². The van der Waals surface area contributed by atoms with Crippen LogP contribution in [-0.2, 0) is 0 Å². The van der Waals surface area contributed by atoms with Gasteiger partial charge in [-0.25, -0.2) is 0 Å². The van der Waals surface area contributed by atoms with Crippen LogP contribution in [0.3, 0.4) is 0 Å². The molecule has 1 atom stereocenters. The molecule has 0 fully saturated rings. The molecule has 3 rings (SSSR count). The van der Waals surface area contributed by atoms with Crippen molar-refractivity contribution in [1.82, 2.24) is 0 Å². The predicted molar refractivity (Wildman–Crippen MR) is 67.7 cm³/mol. The van der Waals surface area contributed by atoms with Gasteiger partial charge in [0.1, 0.15) is 0 Å². The van der Waals surface area contributed by atoms with Gasteiger partial charge in [-0.3, -0.25) is 0 Å². The first-order valence-corrected chi connectivity index (χ1v) is 5.75. The molecule has 1 unspecified atom stereocenters. The molecule has 0 amide bonds. The van der Waals surface area contributed by atoms with E-state index in [2.05, 4.69) is 23.4 Å². The molecule has 2 aromatic rings. The van der Waals surface area contributed by atoms with E-state index in [-0.39, 0.29) is 0 Å². The highest BCUT2D eigenvalue weighted by Crippen LogP contribution is 2.37. The molecule has 0 aliphatic heterocycles. The number of oxime groups is 1. The van der Waals surface area contributed by atoms with Crippen molar-refractivity contribution in [1.29, 1.82) is 0 Å². The van der Waals surface area contributed by atoms with Crippen LogP contribution in [0.2, 0.25) is 0 Å². The van der Waals surface area contributed by atoms with Crippen molar-refractivity contribution in [3.05, 3.63) is 71.3 Å². The zero-order valence-electron chi connectivity index (χ0n) is 9.38. The van der Waals surface area contributed by atoms with Crippen LogP contribution in [0.4, 0.5) is 0 Å². The molecule has 1 N–H and O–H groups in total. The highest BCUT2D eigenvalue weighted by Gasteiger charge is 2.28. The van der Waals surface area contributed by atoms with E-state index in [1.807, 2.05) is 36.4 Å². The summed E-state index contributed by atoms with van der Waals surface area (Å²) in [5.41, 5.74) is 4.39. The molecule has 0 bridgehead atoms. The van der Waals surface area contributed by atoms with Crippen LogP contribution < -0.4 is 0 Å². The van der Waals surface area contributed by atoms with Crippen LogP contribution in [0, 0.1) is 0 Å². The van der Waals surface area contributed by atoms with Gasteiger partial charge in [0.05, 0.1) is 5.71 Å². The second-order valence-corrected chi connectivity index (χ2v) is 4.30. The van der Waals surface area contributed by atoms with Crippen molar-refractivity contribution in [2.75, 3.05) is 0 Å². The number of hydrogen-bond donors (Lipinski definition) is 1. The average Bonchev–Trinajstić information content (AvgIpc) is 2.78. The Hall–Kier alpha value is -2.09. The van der Waals surface area contributed by atoms with E-state index in [1.165, 1.54) is 11.1 Å². The molecule has 0 spiro atoms. The normalized spacial score (nSPS) is 20.5. The zero-order chi connectivity index (χ0) is 11.7. The average molecular weight is 223 g/mol. The summed E-state index contributed by atoms with van der Waals surface area (Å²) in [4.78, 5) is 0. The second kappa shape index (κ2) is 4.06. The molecule has 0 saturated carbocycles. The Labute approximate surface area is 100 Å². The molecule has 1 aliphatic rings. The summed E-state index contributed by atoms with van der Waals surface area (Å²) in [5, 5.41) is 12.5. The van der Waals surface area contributed by atoms with E-state index in [4.69, 9.17) is 5.21 Å². The topological polar surface area (TPSA) is 32.6 Å². The first kappa shape index (κ1) is 10.1. The summed E-state index contributed by atoms with van der Waals surface area (Å²) in [6, 6.07) is 18.5. The van der Waals surface area contributed by atoms with Crippen molar-refractivity contribution >= 4 is 5.71 Å². The van der Waals surface area contributed by atoms with Gasteiger partial charge in [-0.1, -0.05) is 59.8 Å². The van der Waals surface area contributed by atoms with Crippen LogP contribution >= 0.6 is 0 Å². The molecule has 0 radical (unpaired) electrons. The van der Waals surface area contributed by atoms with Crippen molar-refractivity contribution < 1.29 is 5.21 Å². The van der Waals surface area contributed by atoms with Gasteiger partial charge >= 0.3 is 0 Å². The summed E-state index contributed by atoms with van der Waals surface area (Å²) in [6.45, 7) is 0. The number of hydrogen-bond acceptors (Lipinski definition) is 2. The number of nitrogens with zero attached hydrogens (tertiary/aromatic N) is 1. The largest absolute Gasteiger partial charge is 0.411 e. The second-order valence-electron chi connectivity index (χ2n) is 4.30. The fraction of sp³-hybridized carbons (Fsp3) is 0.133. The summed E-state index contributed by atoms with van der Waals surface area (Å²) >= 11 is 0. The number of rotatable bonds is 1. The van der Waals surface area contributed by atoms with E-state index >= 15 is 0 Å². The Kier molecular flexibility index (Phi) is 2.41. The van der Waals surface area contributed by atoms with Gasteiger partial charge in [0.2, 0.25) is 0 Å². The summed E-state index contributed by atoms with van der Waals surface area (Å²) in [7, 11) is 0. The van der Waals surface area contributed by atoms with E-state index < -0.39 is 0 Å². The van der Waals surface area contributed by atoms with Crippen LogP contribution in [0.25, 0.3) is 0 Å². The Bertz CT molecular complexity index is 560. The smallest absolute Gasteiger partial charge is 0.0880 e. The third-order valence-electron chi connectivity index (χ3n) is 3.37. The zero-order valence-corrected chi connectivity index (χ0v) is 9.38. The lowest BCUT2D eigenvalue weighted by molar-refractivity contribution is 0.318. The van der Waals surface area contributed by atoms with E-state index in [0.717, 1.165) is 17.7 Å². The van der Waals surface area contributed by atoms with E-state index in [9.17, 15) is 0 Å². The van der Waals surface area contributed by atoms with Crippen molar-refractivity contribution in [2.24, 2.45) is 5.16 Å². The fourth-order valence-corrected chi connectivity index (χ4v) is 2.55. The Morgan fingerprint density at radius 1 is 0.941 bits per heavy atom. The Balaban J connectivity index is 2.11. The van der Waals surface area contributed by atoms with Crippen molar-refractivity contribution in [3.8, 4) is 0 Å². The monoisotopic (exact) mass is 223 g/mol. The minimum atomic E-state index is 0.318. The minimum absolute atomic E-state index is 0.318. The van der Waals surface area contributed by atoms with Gasteiger partial charge in [-0.05, 0) is 11.1 Å². The van der Waals surface area contributed by atoms with Gasteiger partial charge < -0.3 is 5.21 Å². The van der Waals surface area contributed by atoms with Gasteiger partial charge in [-0.15, -0.1) is 0 Å². The highest BCUT2D eigenvalue weighted by atomic mass is 16.4. The molecule has 0 saturated heterocycles. The maximum absolute atomic E-state index is 9.07. The Morgan fingerprint density at radius 3 is 2.41 bits per heavy atom. The third kappa shape index (κ3) is 1.62. The molecule has 0 aromatic heterocycles. The van der Waals surface area contributed by atoms with E-state index in [0.29, 0.717) is 5.92 Å². The molecular formula is C15H13NO. The highest BCUT2D eigenvalue weighted by molar-refractivity contribution is 6.05. The van der Waals surface area contributed by atoms with Gasteiger partial charge in [-0.2, -0.15) is 0 Å². The lowest BCUT2D eigenvalue weighted by atomic mass is 9.93. The summed E-state index contributed by atoms with van der Waals surface area (Å²) in [6.07, 6.45) is 0.778. The molecule has 84 valence electrons. The standard InChI is InChI=1S/C15H13NO/c17-16-15-10-14(11-6-2-1-3-7-11)12-8-4-5-9-13(12)15/h1-9,14,17H,10H2/b16-15-. The molecule has 2 aromatic carbocycles. The first-order chi connectivity index (χ1) is 8.40. The van der Waals surface area contributed by atoms with Gasteiger partial charge in [0, 0.05) is 17.9 Å². The first-order valence-electron chi connectivity index (χ1n) is 5.75. The Morgan fingerprint density at radius 2 is 1.65 bits per heavy atom. The van der Waals surface area contributed by atoms with Gasteiger partial charge in [0.15, 0.2) is 0 Å². The maximum atomic E-state index is 9.07. The van der Waals surface area contributed by atoms with Crippen LogP contribution in [-0.4, -0.2) is 10.9 Å². The molecule has 2 nitrogen and oxygen atoms in total.